The summed E-state index contributed by atoms with van der Waals surface area (Å²) in [4.78, 5) is 13.8. The van der Waals surface area contributed by atoms with Crippen LogP contribution >= 0.6 is 0 Å². The molecule has 2 rings (SSSR count). The van der Waals surface area contributed by atoms with Crippen LogP contribution in [0.25, 0.3) is 0 Å². The summed E-state index contributed by atoms with van der Waals surface area (Å²) in [7, 11) is 1.55. The molecule has 19 heavy (non-hydrogen) atoms. The van der Waals surface area contributed by atoms with E-state index in [0.717, 1.165) is 25.9 Å². The number of hydrogen-bond acceptors (Lipinski definition) is 4. The Morgan fingerprint density at radius 1 is 1.26 bits per heavy atom. The Labute approximate surface area is 113 Å². The molecule has 0 bridgehead atoms. The number of carbonyl (C=O) groups is 1. The first-order chi connectivity index (χ1) is 9.20. The van der Waals surface area contributed by atoms with Crippen LogP contribution in [0.15, 0.2) is 18.2 Å². The molecule has 2 N–H and O–H groups in total. The Morgan fingerprint density at radius 2 is 2.00 bits per heavy atom. The first-order valence-corrected chi connectivity index (χ1v) is 6.55. The van der Waals surface area contributed by atoms with E-state index in [1.807, 2.05) is 4.90 Å². The molecule has 5 heteroatoms. The van der Waals surface area contributed by atoms with Crippen molar-refractivity contribution in [3.63, 3.8) is 0 Å². The molecule has 0 radical (unpaired) electrons. The molecule has 1 aromatic rings. The summed E-state index contributed by atoms with van der Waals surface area (Å²) in [6, 6.07) is 5.13. The molecule has 0 aliphatic carbocycles. The van der Waals surface area contributed by atoms with Crippen molar-refractivity contribution in [2.24, 2.45) is 0 Å². The summed E-state index contributed by atoms with van der Waals surface area (Å²) in [5.74, 6) is 1.12. The summed E-state index contributed by atoms with van der Waals surface area (Å²) in [5, 5.41) is 0. The van der Waals surface area contributed by atoms with Crippen LogP contribution in [-0.4, -0.2) is 37.6 Å². The molecule has 1 fully saturated rings. The van der Waals surface area contributed by atoms with Gasteiger partial charge < -0.3 is 20.1 Å². The highest BCUT2D eigenvalue weighted by molar-refractivity contribution is 5.78. The van der Waals surface area contributed by atoms with Crippen LogP contribution in [0.3, 0.4) is 0 Å². The maximum atomic E-state index is 12.0. The number of anilines is 1. The van der Waals surface area contributed by atoms with Gasteiger partial charge in [-0.1, -0.05) is 0 Å². The van der Waals surface area contributed by atoms with Gasteiger partial charge in [-0.05, 0) is 31.4 Å². The Kier molecular flexibility index (Phi) is 4.49. The quantitative estimate of drug-likeness (QED) is 0.840. The maximum Gasteiger partial charge on any atom is 0.260 e. The van der Waals surface area contributed by atoms with Gasteiger partial charge in [0.05, 0.1) is 7.11 Å². The van der Waals surface area contributed by atoms with Crippen molar-refractivity contribution in [1.29, 1.82) is 0 Å². The molecular weight excluding hydrogens is 244 g/mol. The zero-order valence-electron chi connectivity index (χ0n) is 11.2. The molecule has 0 unspecified atom stereocenters. The molecule has 5 nitrogen and oxygen atoms in total. The van der Waals surface area contributed by atoms with Gasteiger partial charge in [-0.3, -0.25) is 4.79 Å². The lowest BCUT2D eigenvalue weighted by molar-refractivity contribution is -0.134. The van der Waals surface area contributed by atoms with Crippen molar-refractivity contribution >= 4 is 11.6 Å². The summed E-state index contributed by atoms with van der Waals surface area (Å²) < 4.78 is 10.7. The predicted molar refractivity (Wildman–Crippen MR) is 73.3 cm³/mol. The lowest BCUT2D eigenvalue weighted by Crippen LogP contribution is -2.38. The SMILES string of the molecule is COc1cc(N)ccc1OCC(=O)N1CCCCC1. The number of carbonyl (C=O) groups excluding carboxylic acids is 1. The maximum absolute atomic E-state index is 12.0. The predicted octanol–water partition coefficient (Wildman–Crippen LogP) is 1.67. The molecule has 1 aliphatic rings. The van der Waals surface area contributed by atoms with Gasteiger partial charge >= 0.3 is 0 Å². The minimum atomic E-state index is 0.0265. The number of hydrogen-bond donors (Lipinski definition) is 1. The van der Waals surface area contributed by atoms with Gasteiger partial charge in [0, 0.05) is 24.8 Å². The number of likely N-dealkylation sites (tertiary alicyclic amines) is 1. The topological polar surface area (TPSA) is 64.8 Å². The van der Waals surface area contributed by atoms with Crippen molar-refractivity contribution in [3.05, 3.63) is 18.2 Å². The Bertz CT molecular complexity index is 442. The van der Waals surface area contributed by atoms with Crippen LogP contribution in [0.5, 0.6) is 11.5 Å². The van der Waals surface area contributed by atoms with Gasteiger partial charge in [-0.2, -0.15) is 0 Å². The van der Waals surface area contributed by atoms with Crippen LogP contribution in [0, 0.1) is 0 Å². The van der Waals surface area contributed by atoms with Gasteiger partial charge in [-0.25, -0.2) is 0 Å². The average Bonchev–Trinajstić information content (AvgIpc) is 2.46. The second-order valence-corrected chi connectivity index (χ2v) is 4.64. The number of benzene rings is 1. The van der Waals surface area contributed by atoms with E-state index in [9.17, 15) is 4.79 Å². The molecule has 1 aromatic carbocycles. The van der Waals surface area contributed by atoms with Crippen LogP contribution in [0.4, 0.5) is 5.69 Å². The van der Waals surface area contributed by atoms with Gasteiger partial charge in [-0.15, -0.1) is 0 Å². The Balaban J connectivity index is 1.92. The molecule has 1 amide bonds. The smallest absolute Gasteiger partial charge is 0.260 e. The van der Waals surface area contributed by atoms with Crippen LogP contribution in [-0.2, 0) is 4.79 Å². The molecule has 1 heterocycles. The van der Waals surface area contributed by atoms with E-state index in [0.29, 0.717) is 17.2 Å². The first-order valence-electron chi connectivity index (χ1n) is 6.55. The number of nitrogen functional groups attached to an aromatic ring is 1. The third-order valence-electron chi connectivity index (χ3n) is 3.25. The number of rotatable bonds is 4. The van der Waals surface area contributed by atoms with Gasteiger partial charge in [0.25, 0.3) is 5.91 Å². The van der Waals surface area contributed by atoms with Crippen LogP contribution < -0.4 is 15.2 Å². The largest absolute Gasteiger partial charge is 0.493 e. The van der Waals surface area contributed by atoms with E-state index in [1.165, 1.54) is 6.42 Å². The molecule has 0 aromatic heterocycles. The average molecular weight is 264 g/mol. The Hall–Kier alpha value is -1.91. The standard InChI is InChI=1S/C14H20N2O3/c1-18-13-9-11(15)5-6-12(13)19-10-14(17)16-7-3-2-4-8-16/h5-6,9H,2-4,7-8,10,15H2,1H3. The summed E-state index contributed by atoms with van der Waals surface area (Å²) in [6.07, 6.45) is 3.37. The number of nitrogens with zero attached hydrogens (tertiary/aromatic N) is 1. The van der Waals surface area contributed by atoms with Crippen molar-refractivity contribution in [1.82, 2.24) is 4.90 Å². The summed E-state index contributed by atoms with van der Waals surface area (Å²) >= 11 is 0. The lowest BCUT2D eigenvalue weighted by atomic mass is 10.1. The Morgan fingerprint density at radius 3 is 2.68 bits per heavy atom. The first kappa shape index (κ1) is 13.5. The third kappa shape index (κ3) is 3.53. The van der Waals surface area contributed by atoms with Crippen molar-refractivity contribution in [2.75, 3.05) is 32.5 Å². The number of methoxy groups -OCH3 is 1. The van der Waals surface area contributed by atoms with Gasteiger partial charge in [0.1, 0.15) is 0 Å². The molecule has 0 atom stereocenters. The number of nitrogens with two attached hydrogens (primary N) is 1. The fraction of sp³-hybridized carbons (Fsp3) is 0.500. The number of ether oxygens (including phenoxy) is 2. The molecule has 1 saturated heterocycles. The van der Waals surface area contributed by atoms with E-state index in [2.05, 4.69) is 0 Å². The summed E-state index contributed by atoms with van der Waals surface area (Å²) in [5.41, 5.74) is 6.27. The minimum Gasteiger partial charge on any atom is -0.493 e. The highest BCUT2D eigenvalue weighted by Crippen LogP contribution is 2.28. The van der Waals surface area contributed by atoms with Crippen molar-refractivity contribution in [2.45, 2.75) is 19.3 Å². The monoisotopic (exact) mass is 264 g/mol. The zero-order chi connectivity index (χ0) is 13.7. The van der Waals surface area contributed by atoms with E-state index in [-0.39, 0.29) is 12.5 Å². The molecule has 1 aliphatic heterocycles. The van der Waals surface area contributed by atoms with E-state index >= 15 is 0 Å². The van der Waals surface area contributed by atoms with Crippen LogP contribution in [0.1, 0.15) is 19.3 Å². The van der Waals surface area contributed by atoms with E-state index < -0.39 is 0 Å². The molecule has 0 spiro atoms. The molecule has 0 saturated carbocycles. The van der Waals surface area contributed by atoms with Crippen LogP contribution in [0.2, 0.25) is 0 Å². The third-order valence-corrected chi connectivity index (χ3v) is 3.25. The highest BCUT2D eigenvalue weighted by Gasteiger charge is 2.17. The van der Waals surface area contributed by atoms with E-state index in [1.54, 1.807) is 25.3 Å². The fourth-order valence-corrected chi connectivity index (χ4v) is 2.18. The number of amides is 1. The second kappa shape index (κ2) is 6.31. The van der Waals surface area contributed by atoms with Gasteiger partial charge in [0.2, 0.25) is 0 Å². The van der Waals surface area contributed by atoms with E-state index in [4.69, 9.17) is 15.2 Å². The zero-order valence-corrected chi connectivity index (χ0v) is 11.2. The van der Waals surface area contributed by atoms with Crippen molar-refractivity contribution < 1.29 is 14.3 Å². The normalized spacial score (nSPS) is 15.1. The number of piperidine rings is 1. The highest BCUT2D eigenvalue weighted by atomic mass is 16.5. The molecule has 104 valence electrons. The fourth-order valence-electron chi connectivity index (χ4n) is 2.18. The lowest BCUT2D eigenvalue weighted by Gasteiger charge is -2.26. The summed E-state index contributed by atoms with van der Waals surface area (Å²) in [6.45, 7) is 1.71. The minimum absolute atomic E-state index is 0.0265. The van der Waals surface area contributed by atoms with Gasteiger partial charge in [0.15, 0.2) is 18.1 Å². The van der Waals surface area contributed by atoms with Crippen molar-refractivity contribution in [3.8, 4) is 11.5 Å². The molecular formula is C14H20N2O3. The second-order valence-electron chi connectivity index (χ2n) is 4.64.